The van der Waals surface area contributed by atoms with Crippen LogP contribution >= 0.6 is 0 Å². The number of oxazole rings is 1. The molecule has 1 atom stereocenters. The number of rotatable bonds is 3. The molecule has 3 aromatic rings. The number of hydrogen-bond donors (Lipinski definition) is 1. The molecule has 92 valence electrons. The third kappa shape index (κ3) is 1.97. The maximum Gasteiger partial charge on any atom is 0.192 e. The SMILES string of the molecule is Cc1nc2cc(NC(C)c3ccco3)ccc2o1. The first-order chi connectivity index (χ1) is 8.72. The van der Waals surface area contributed by atoms with E-state index in [2.05, 4.69) is 17.2 Å². The number of nitrogens with zero attached hydrogens (tertiary/aromatic N) is 1. The lowest BCUT2D eigenvalue weighted by Crippen LogP contribution is -2.05. The van der Waals surface area contributed by atoms with Gasteiger partial charge in [0.2, 0.25) is 0 Å². The van der Waals surface area contributed by atoms with Gasteiger partial charge in [-0.3, -0.25) is 0 Å². The van der Waals surface area contributed by atoms with E-state index in [-0.39, 0.29) is 6.04 Å². The molecule has 4 heteroatoms. The van der Waals surface area contributed by atoms with Crippen LogP contribution in [0.1, 0.15) is 24.6 Å². The molecule has 4 nitrogen and oxygen atoms in total. The van der Waals surface area contributed by atoms with Crippen LogP contribution in [0.2, 0.25) is 0 Å². The Hall–Kier alpha value is -2.23. The van der Waals surface area contributed by atoms with Gasteiger partial charge in [0, 0.05) is 12.6 Å². The van der Waals surface area contributed by atoms with Gasteiger partial charge in [0.15, 0.2) is 11.5 Å². The van der Waals surface area contributed by atoms with Crippen LogP contribution in [0.15, 0.2) is 45.4 Å². The molecule has 3 rings (SSSR count). The van der Waals surface area contributed by atoms with Crippen molar-refractivity contribution in [1.29, 1.82) is 0 Å². The molecule has 0 saturated carbocycles. The minimum Gasteiger partial charge on any atom is -0.467 e. The normalized spacial score (nSPS) is 12.8. The monoisotopic (exact) mass is 242 g/mol. The zero-order chi connectivity index (χ0) is 12.5. The molecule has 2 heterocycles. The minimum absolute atomic E-state index is 0.116. The number of aromatic nitrogens is 1. The van der Waals surface area contributed by atoms with E-state index in [0.717, 1.165) is 22.5 Å². The summed E-state index contributed by atoms with van der Waals surface area (Å²) in [6.45, 7) is 3.90. The zero-order valence-electron chi connectivity index (χ0n) is 10.3. The van der Waals surface area contributed by atoms with Crippen molar-refractivity contribution in [2.75, 3.05) is 5.32 Å². The van der Waals surface area contributed by atoms with Gasteiger partial charge < -0.3 is 14.2 Å². The summed E-state index contributed by atoms with van der Waals surface area (Å²) in [6.07, 6.45) is 1.68. The van der Waals surface area contributed by atoms with Crippen LogP contribution in [0.5, 0.6) is 0 Å². The highest BCUT2D eigenvalue weighted by Gasteiger charge is 2.09. The number of anilines is 1. The van der Waals surface area contributed by atoms with E-state index in [1.165, 1.54) is 0 Å². The fraction of sp³-hybridized carbons (Fsp3) is 0.214. The fourth-order valence-corrected chi connectivity index (χ4v) is 1.99. The highest BCUT2D eigenvalue weighted by atomic mass is 16.3. The molecular formula is C14H14N2O2. The maximum absolute atomic E-state index is 5.44. The van der Waals surface area contributed by atoms with Crippen LogP contribution in [-0.2, 0) is 0 Å². The quantitative estimate of drug-likeness (QED) is 0.756. The molecule has 1 aromatic carbocycles. The first-order valence-corrected chi connectivity index (χ1v) is 5.89. The Labute approximate surface area is 105 Å². The van der Waals surface area contributed by atoms with Crippen molar-refractivity contribution in [3.63, 3.8) is 0 Å². The van der Waals surface area contributed by atoms with Crippen LogP contribution in [0.3, 0.4) is 0 Å². The number of aryl methyl sites for hydroxylation is 1. The first kappa shape index (κ1) is 10.9. The first-order valence-electron chi connectivity index (χ1n) is 5.89. The van der Waals surface area contributed by atoms with Crippen molar-refractivity contribution >= 4 is 16.8 Å². The van der Waals surface area contributed by atoms with Crippen molar-refractivity contribution in [3.8, 4) is 0 Å². The van der Waals surface area contributed by atoms with Gasteiger partial charge in [-0.25, -0.2) is 4.98 Å². The number of nitrogens with one attached hydrogen (secondary N) is 1. The average molecular weight is 242 g/mol. The molecular weight excluding hydrogens is 228 g/mol. The Bertz CT molecular complexity index is 656. The third-order valence-electron chi connectivity index (χ3n) is 2.85. The van der Waals surface area contributed by atoms with Gasteiger partial charge in [0.25, 0.3) is 0 Å². The van der Waals surface area contributed by atoms with Crippen LogP contribution in [-0.4, -0.2) is 4.98 Å². The number of hydrogen-bond acceptors (Lipinski definition) is 4. The van der Waals surface area contributed by atoms with E-state index < -0.39 is 0 Å². The smallest absolute Gasteiger partial charge is 0.192 e. The van der Waals surface area contributed by atoms with Gasteiger partial charge in [0.1, 0.15) is 11.3 Å². The van der Waals surface area contributed by atoms with E-state index in [9.17, 15) is 0 Å². The molecule has 0 fully saturated rings. The van der Waals surface area contributed by atoms with Gasteiger partial charge >= 0.3 is 0 Å². The number of fused-ring (bicyclic) bond motifs is 1. The fourth-order valence-electron chi connectivity index (χ4n) is 1.99. The largest absolute Gasteiger partial charge is 0.467 e. The summed E-state index contributed by atoms with van der Waals surface area (Å²) < 4.78 is 10.8. The Kier molecular flexibility index (Phi) is 2.55. The van der Waals surface area contributed by atoms with Crippen LogP contribution in [0.4, 0.5) is 5.69 Å². The highest BCUT2D eigenvalue weighted by Crippen LogP contribution is 2.23. The standard InChI is InChI=1S/C14H14N2O2/c1-9(13-4-3-7-17-13)15-11-5-6-14-12(8-11)16-10(2)18-14/h3-9,15H,1-2H3. The van der Waals surface area contributed by atoms with Gasteiger partial charge in [-0.05, 0) is 37.3 Å². The lowest BCUT2D eigenvalue weighted by molar-refractivity contribution is 0.490. The minimum atomic E-state index is 0.116. The predicted molar refractivity (Wildman–Crippen MR) is 69.5 cm³/mol. The Balaban J connectivity index is 1.86. The van der Waals surface area contributed by atoms with E-state index in [1.807, 2.05) is 37.3 Å². The van der Waals surface area contributed by atoms with E-state index in [4.69, 9.17) is 8.83 Å². The van der Waals surface area contributed by atoms with E-state index >= 15 is 0 Å². The molecule has 18 heavy (non-hydrogen) atoms. The zero-order valence-corrected chi connectivity index (χ0v) is 10.3. The Morgan fingerprint density at radius 1 is 1.28 bits per heavy atom. The molecule has 0 amide bonds. The summed E-state index contributed by atoms with van der Waals surface area (Å²) in [7, 11) is 0. The topological polar surface area (TPSA) is 51.2 Å². The third-order valence-corrected chi connectivity index (χ3v) is 2.85. The van der Waals surface area contributed by atoms with Crippen molar-refractivity contribution in [1.82, 2.24) is 4.98 Å². The van der Waals surface area contributed by atoms with Gasteiger partial charge in [-0.15, -0.1) is 0 Å². The van der Waals surface area contributed by atoms with Crippen molar-refractivity contribution in [2.24, 2.45) is 0 Å². The molecule has 1 N–H and O–H groups in total. The predicted octanol–water partition coefficient (Wildman–Crippen LogP) is 3.90. The van der Waals surface area contributed by atoms with Gasteiger partial charge in [-0.1, -0.05) is 0 Å². The second-order valence-electron chi connectivity index (χ2n) is 4.30. The van der Waals surface area contributed by atoms with E-state index in [1.54, 1.807) is 6.26 Å². The van der Waals surface area contributed by atoms with Gasteiger partial charge in [0.05, 0.1) is 12.3 Å². The summed E-state index contributed by atoms with van der Waals surface area (Å²) in [5.41, 5.74) is 2.67. The number of furan rings is 1. The molecule has 0 radical (unpaired) electrons. The van der Waals surface area contributed by atoms with Crippen molar-refractivity contribution in [2.45, 2.75) is 19.9 Å². The van der Waals surface area contributed by atoms with Crippen molar-refractivity contribution in [3.05, 3.63) is 48.2 Å². The summed E-state index contributed by atoms with van der Waals surface area (Å²) in [4.78, 5) is 4.31. The molecule has 0 spiro atoms. The lowest BCUT2D eigenvalue weighted by atomic mass is 10.2. The average Bonchev–Trinajstić information content (AvgIpc) is 2.95. The summed E-state index contributed by atoms with van der Waals surface area (Å²) in [6, 6.07) is 9.84. The molecule has 2 aromatic heterocycles. The second-order valence-corrected chi connectivity index (χ2v) is 4.30. The summed E-state index contributed by atoms with van der Waals surface area (Å²) in [5, 5.41) is 3.37. The number of benzene rings is 1. The molecule has 0 bridgehead atoms. The Morgan fingerprint density at radius 3 is 2.94 bits per heavy atom. The molecule has 1 unspecified atom stereocenters. The van der Waals surface area contributed by atoms with Crippen molar-refractivity contribution < 1.29 is 8.83 Å². The van der Waals surface area contributed by atoms with E-state index in [0.29, 0.717) is 5.89 Å². The second kappa shape index (κ2) is 4.22. The lowest BCUT2D eigenvalue weighted by Gasteiger charge is -2.12. The van der Waals surface area contributed by atoms with Crippen LogP contribution < -0.4 is 5.32 Å². The summed E-state index contributed by atoms with van der Waals surface area (Å²) >= 11 is 0. The molecule has 0 aliphatic carbocycles. The summed E-state index contributed by atoms with van der Waals surface area (Å²) in [5.74, 6) is 1.59. The highest BCUT2D eigenvalue weighted by molar-refractivity contribution is 5.77. The van der Waals surface area contributed by atoms with Crippen LogP contribution in [0.25, 0.3) is 11.1 Å². The molecule has 0 aliphatic rings. The maximum atomic E-state index is 5.44. The molecule has 0 aliphatic heterocycles. The van der Waals surface area contributed by atoms with Gasteiger partial charge in [-0.2, -0.15) is 0 Å². The molecule has 0 saturated heterocycles. The Morgan fingerprint density at radius 2 is 2.17 bits per heavy atom. The van der Waals surface area contributed by atoms with Crippen LogP contribution in [0, 0.1) is 6.92 Å².